The van der Waals surface area contributed by atoms with Crippen molar-refractivity contribution in [1.82, 2.24) is 15.2 Å². The van der Waals surface area contributed by atoms with Gasteiger partial charge in [-0.15, -0.1) is 11.3 Å². The zero-order valence-electron chi connectivity index (χ0n) is 12.5. The van der Waals surface area contributed by atoms with E-state index in [0.717, 1.165) is 37.0 Å². The maximum Gasteiger partial charge on any atom is 0.194 e. The van der Waals surface area contributed by atoms with E-state index in [1.165, 1.54) is 16.0 Å². The maximum atomic E-state index is 4.42. The van der Waals surface area contributed by atoms with Gasteiger partial charge in [0, 0.05) is 31.2 Å². The Hall–Kier alpha value is -1.88. The number of hydrogen-bond acceptors (Lipinski definition) is 3. The fourth-order valence-electron chi connectivity index (χ4n) is 2.66. The SMILES string of the molecule is CN=C(NCc1cnc(C)s1)N1CCc2ccccc2C1. The summed E-state index contributed by atoms with van der Waals surface area (Å²) in [5.41, 5.74) is 2.86. The number of hydrogen-bond donors (Lipinski definition) is 1. The molecule has 0 aliphatic carbocycles. The zero-order chi connectivity index (χ0) is 14.7. The van der Waals surface area contributed by atoms with E-state index in [1.807, 2.05) is 20.2 Å². The van der Waals surface area contributed by atoms with Gasteiger partial charge in [-0.3, -0.25) is 4.99 Å². The summed E-state index contributed by atoms with van der Waals surface area (Å²) >= 11 is 1.73. The molecule has 2 aromatic rings. The molecule has 0 saturated heterocycles. The van der Waals surface area contributed by atoms with E-state index in [0.29, 0.717) is 0 Å². The van der Waals surface area contributed by atoms with Crippen LogP contribution in [0, 0.1) is 6.92 Å². The number of aliphatic imine (C=N–C) groups is 1. The average molecular weight is 300 g/mol. The number of nitrogens with one attached hydrogen (secondary N) is 1. The van der Waals surface area contributed by atoms with Gasteiger partial charge >= 0.3 is 0 Å². The zero-order valence-corrected chi connectivity index (χ0v) is 13.3. The Labute approximate surface area is 129 Å². The van der Waals surface area contributed by atoms with Crippen molar-refractivity contribution in [2.75, 3.05) is 13.6 Å². The first kappa shape index (κ1) is 14.1. The summed E-state index contributed by atoms with van der Waals surface area (Å²) in [7, 11) is 1.85. The number of benzene rings is 1. The van der Waals surface area contributed by atoms with E-state index in [4.69, 9.17) is 0 Å². The van der Waals surface area contributed by atoms with E-state index in [1.54, 1.807) is 11.3 Å². The summed E-state index contributed by atoms with van der Waals surface area (Å²) in [5, 5.41) is 4.55. The normalized spacial score (nSPS) is 15.0. The lowest BCUT2D eigenvalue weighted by molar-refractivity contribution is 0.378. The van der Waals surface area contributed by atoms with Crippen molar-refractivity contribution < 1.29 is 0 Å². The van der Waals surface area contributed by atoms with Crippen LogP contribution in [-0.2, 0) is 19.5 Å². The van der Waals surface area contributed by atoms with Crippen LogP contribution >= 0.6 is 11.3 Å². The second kappa shape index (κ2) is 6.26. The Kier molecular flexibility index (Phi) is 4.20. The molecular weight excluding hydrogens is 280 g/mol. The highest BCUT2D eigenvalue weighted by molar-refractivity contribution is 7.11. The van der Waals surface area contributed by atoms with Crippen molar-refractivity contribution in [3.05, 3.63) is 51.5 Å². The number of thiazole rings is 1. The first-order valence-electron chi connectivity index (χ1n) is 7.20. The summed E-state index contributed by atoms with van der Waals surface area (Å²) in [5.74, 6) is 0.968. The van der Waals surface area contributed by atoms with Gasteiger partial charge in [-0.2, -0.15) is 0 Å². The van der Waals surface area contributed by atoms with Crippen molar-refractivity contribution >= 4 is 17.3 Å². The Balaban J connectivity index is 1.65. The van der Waals surface area contributed by atoms with Crippen LogP contribution in [0.5, 0.6) is 0 Å². The van der Waals surface area contributed by atoms with Gasteiger partial charge in [0.15, 0.2) is 5.96 Å². The predicted molar refractivity (Wildman–Crippen MR) is 87.6 cm³/mol. The highest BCUT2D eigenvalue weighted by atomic mass is 32.1. The summed E-state index contributed by atoms with van der Waals surface area (Å²) in [6.45, 7) is 4.76. The van der Waals surface area contributed by atoms with E-state index in [-0.39, 0.29) is 0 Å². The third-order valence-corrected chi connectivity index (χ3v) is 4.64. The molecule has 4 nitrogen and oxygen atoms in total. The van der Waals surface area contributed by atoms with Crippen LogP contribution in [0.15, 0.2) is 35.5 Å². The molecule has 3 rings (SSSR count). The molecule has 1 aliphatic heterocycles. The molecule has 0 fully saturated rings. The minimum absolute atomic E-state index is 0.788. The Morgan fingerprint density at radius 1 is 1.38 bits per heavy atom. The number of aryl methyl sites for hydroxylation is 1. The maximum absolute atomic E-state index is 4.42. The van der Waals surface area contributed by atoms with Crippen LogP contribution in [-0.4, -0.2) is 29.4 Å². The fraction of sp³-hybridized carbons (Fsp3) is 0.375. The number of guanidine groups is 1. The van der Waals surface area contributed by atoms with Crippen molar-refractivity contribution in [3.63, 3.8) is 0 Å². The molecule has 0 amide bonds. The van der Waals surface area contributed by atoms with Crippen LogP contribution in [0.25, 0.3) is 0 Å². The monoisotopic (exact) mass is 300 g/mol. The molecular formula is C16H20N4S. The minimum Gasteiger partial charge on any atom is -0.351 e. The number of aromatic nitrogens is 1. The predicted octanol–water partition coefficient (Wildman–Crippen LogP) is 2.59. The molecule has 1 aliphatic rings. The third kappa shape index (κ3) is 3.24. The molecule has 2 heterocycles. The Morgan fingerprint density at radius 2 is 2.19 bits per heavy atom. The van der Waals surface area contributed by atoms with Gasteiger partial charge in [0.05, 0.1) is 11.6 Å². The van der Waals surface area contributed by atoms with Crippen molar-refractivity contribution in [2.24, 2.45) is 4.99 Å². The van der Waals surface area contributed by atoms with Gasteiger partial charge in [-0.25, -0.2) is 4.98 Å². The first-order chi connectivity index (χ1) is 10.3. The number of fused-ring (bicyclic) bond motifs is 1. The van der Waals surface area contributed by atoms with Gasteiger partial charge in [-0.05, 0) is 24.5 Å². The van der Waals surface area contributed by atoms with Crippen molar-refractivity contribution in [1.29, 1.82) is 0 Å². The molecule has 1 aromatic carbocycles. The Bertz CT molecular complexity index is 647. The summed E-state index contributed by atoms with van der Waals surface area (Å²) in [6, 6.07) is 8.66. The average Bonchev–Trinajstić information content (AvgIpc) is 2.93. The summed E-state index contributed by atoms with van der Waals surface area (Å²) < 4.78 is 0. The van der Waals surface area contributed by atoms with Crippen LogP contribution < -0.4 is 5.32 Å². The van der Waals surface area contributed by atoms with Crippen LogP contribution in [0.3, 0.4) is 0 Å². The molecule has 0 atom stereocenters. The van der Waals surface area contributed by atoms with Crippen molar-refractivity contribution in [3.8, 4) is 0 Å². The number of rotatable bonds is 2. The van der Waals surface area contributed by atoms with E-state index in [2.05, 4.69) is 44.5 Å². The summed E-state index contributed by atoms with van der Waals surface area (Å²) in [6.07, 6.45) is 3.02. The Morgan fingerprint density at radius 3 is 2.90 bits per heavy atom. The summed E-state index contributed by atoms with van der Waals surface area (Å²) in [4.78, 5) is 12.3. The second-order valence-corrected chi connectivity index (χ2v) is 6.51. The van der Waals surface area contributed by atoms with Gasteiger partial charge in [-0.1, -0.05) is 24.3 Å². The highest BCUT2D eigenvalue weighted by Gasteiger charge is 2.18. The lowest BCUT2D eigenvalue weighted by Gasteiger charge is -2.31. The lowest BCUT2D eigenvalue weighted by atomic mass is 10.0. The van der Waals surface area contributed by atoms with Crippen molar-refractivity contribution in [2.45, 2.75) is 26.4 Å². The standard InChI is InChI=1S/C16H20N4S/c1-12-18-9-15(21-12)10-19-16(17-2)20-8-7-13-5-3-4-6-14(13)11-20/h3-6,9H,7-8,10-11H2,1-2H3,(H,17,19). The third-order valence-electron chi connectivity index (χ3n) is 3.73. The molecule has 0 radical (unpaired) electrons. The second-order valence-electron chi connectivity index (χ2n) is 5.19. The van der Waals surface area contributed by atoms with Gasteiger partial charge in [0.2, 0.25) is 0 Å². The molecule has 0 spiro atoms. The molecule has 0 saturated carbocycles. The molecule has 5 heteroatoms. The van der Waals surface area contributed by atoms with Crippen LogP contribution in [0.4, 0.5) is 0 Å². The lowest BCUT2D eigenvalue weighted by Crippen LogP contribution is -2.43. The molecule has 21 heavy (non-hydrogen) atoms. The molecule has 110 valence electrons. The van der Waals surface area contributed by atoms with E-state index in [9.17, 15) is 0 Å². The van der Waals surface area contributed by atoms with Crippen LogP contribution in [0.1, 0.15) is 21.0 Å². The number of nitrogens with zero attached hydrogens (tertiary/aromatic N) is 3. The minimum atomic E-state index is 0.788. The van der Waals surface area contributed by atoms with Crippen LogP contribution in [0.2, 0.25) is 0 Å². The largest absolute Gasteiger partial charge is 0.351 e. The van der Waals surface area contributed by atoms with Gasteiger partial charge in [0.1, 0.15) is 0 Å². The van der Waals surface area contributed by atoms with Gasteiger partial charge in [0.25, 0.3) is 0 Å². The van der Waals surface area contributed by atoms with E-state index >= 15 is 0 Å². The van der Waals surface area contributed by atoms with E-state index < -0.39 is 0 Å². The first-order valence-corrected chi connectivity index (χ1v) is 8.01. The fourth-order valence-corrected chi connectivity index (χ4v) is 3.40. The van der Waals surface area contributed by atoms with Gasteiger partial charge < -0.3 is 10.2 Å². The smallest absolute Gasteiger partial charge is 0.194 e. The highest BCUT2D eigenvalue weighted by Crippen LogP contribution is 2.18. The molecule has 0 bridgehead atoms. The topological polar surface area (TPSA) is 40.5 Å². The molecule has 0 unspecified atom stereocenters. The molecule has 1 aromatic heterocycles. The quantitative estimate of drug-likeness (QED) is 0.684. The molecule has 1 N–H and O–H groups in total.